The lowest BCUT2D eigenvalue weighted by Gasteiger charge is -2.14. The summed E-state index contributed by atoms with van der Waals surface area (Å²) in [7, 11) is 0. The van der Waals surface area contributed by atoms with Gasteiger partial charge in [0.1, 0.15) is 18.0 Å². The summed E-state index contributed by atoms with van der Waals surface area (Å²) in [5, 5.41) is 20.5. The minimum absolute atomic E-state index is 0.0203. The average Bonchev–Trinajstić information content (AvgIpc) is 2.59. The van der Waals surface area contributed by atoms with Crippen molar-refractivity contribution < 1.29 is 31.1 Å². The number of halogens is 6. The molecule has 11 heteroatoms. The number of benzene rings is 2. The Kier molecular flexibility index (Phi) is 5.56. The summed E-state index contributed by atoms with van der Waals surface area (Å²) in [5.41, 5.74) is -0.230. The highest BCUT2D eigenvalue weighted by molar-refractivity contribution is 6.10. The molecule has 138 valence electrons. The van der Waals surface area contributed by atoms with E-state index in [9.17, 15) is 26.3 Å². The average molecular weight is 384 g/mol. The number of rotatable bonds is 4. The lowest BCUT2D eigenvalue weighted by Crippen LogP contribution is -2.07. The van der Waals surface area contributed by atoms with Crippen LogP contribution in [0, 0.1) is 40.1 Å². The highest BCUT2D eigenvalue weighted by atomic mass is 19.4. The molecule has 0 saturated heterocycles. The van der Waals surface area contributed by atoms with Gasteiger partial charge in [0.2, 0.25) is 5.71 Å². The van der Waals surface area contributed by atoms with Gasteiger partial charge in [-0.25, -0.2) is 13.2 Å². The van der Waals surface area contributed by atoms with Gasteiger partial charge in [-0.1, -0.05) is 0 Å². The molecule has 0 atom stereocenters. The van der Waals surface area contributed by atoms with Crippen molar-refractivity contribution in [3.05, 3.63) is 53.3 Å². The molecule has 5 nitrogen and oxygen atoms in total. The van der Waals surface area contributed by atoms with Crippen molar-refractivity contribution in [2.45, 2.75) is 6.18 Å². The van der Waals surface area contributed by atoms with Gasteiger partial charge in [-0.15, -0.1) is 0 Å². The maximum atomic E-state index is 13.9. The van der Waals surface area contributed by atoms with Crippen molar-refractivity contribution >= 4 is 11.4 Å². The van der Waals surface area contributed by atoms with Crippen molar-refractivity contribution in [2.24, 2.45) is 5.10 Å². The first-order chi connectivity index (χ1) is 12.7. The molecule has 0 aromatic heterocycles. The summed E-state index contributed by atoms with van der Waals surface area (Å²) in [6.45, 7) is 0. The number of anilines is 1. The summed E-state index contributed by atoms with van der Waals surface area (Å²) < 4.78 is 83.8. The second-order valence-corrected chi connectivity index (χ2v) is 4.81. The monoisotopic (exact) mass is 384 g/mol. The molecule has 2 aromatic rings. The lowest BCUT2D eigenvalue weighted by atomic mass is 10.2. The molecule has 0 radical (unpaired) electrons. The molecule has 0 aliphatic rings. The second kappa shape index (κ2) is 7.66. The number of nitrogens with one attached hydrogen (secondary N) is 1. The van der Waals surface area contributed by atoms with Crippen LogP contribution in [0.25, 0.3) is 0 Å². The van der Waals surface area contributed by atoms with Crippen LogP contribution in [0.3, 0.4) is 0 Å². The highest BCUT2D eigenvalue weighted by Crippen LogP contribution is 2.37. The van der Waals surface area contributed by atoms with Gasteiger partial charge in [0.05, 0.1) is 11.3 Å². The third kappa shape index (κ3) is 4.67. The van der Waals surface area contributed by atoms with Crippen LogP contribution in [-0.4, -0.2) is 5.71 Å². The first-order valence-electron chi connectivity index (χ1n) is 6.83. The number of hydrogen-bond acceptors (Lipinski definition) is 5. The van der Waals surface area contributed by atoms with E-state index in [4.69, 9.17) is 15.3 Å². The van der Waals surface area contributed by atoms with Crippen LogP contribution in [0.5, 0.6) is 11.5 Å². The minimum atomic E-state index is -4.98. The molecule has 0 bridgehead atoms. The van der Waals surface area contributed by atoms with E-state index in [0.717, 1.165) is 12.1 Å². The zero-order valence-corrected chi connectivity index (χ0v) is 12.9. The molecule has 1 N–H and O–H groups in total. The van der Waals surface area contributed by atoms with E-state index in [1.165, 1.54) is 12.1 Å². The maximum Gasteiger partial charge on any atom is 0.416 e. The topological polar surface area (TPSA) is 81.2 Å². The van der Waals surface area contributed by atoms with Crippen molar-refractivity contribution in [3.8, 4) is 23.6 Å². The van der Waals surface area contributed by atoms with Gasteiger partial charge in [0.15, 0.2) is 23.1 Å². The predicted molar refractivity (Wildman–Crippen MR) is 80.1 cm³/mol. The standard InChI is InChI=1S/C16H6F6N4O/c17-9-1-2-13(26-25-10(6-23)7-24)14(5-9)27-15-11(18)3-8(4-12(15)19)16(20,21)22/h1-5,26H. The van der Waals surface area contributed by atoms with Crippen LogP contribution >= 0.6 is 0 Å². The van der Waals surface area contributed by atoms with Crippen molar-refractivity contribution in [2.75, 3.05) is 5.43 Å². The Morgan fingerprint density at radius 3 is 2.11 bits per heavy atom. The van der Waals surface area contributed by atoms with E-state index >= 15 is 0 Å². The fourth-order valence-electron chi connectivity index (χ4n) is 1.80. The van der Waals surface area contributed by atoms with E-state index in [1.807, 2.05) is 0 Å². The summed E-state index contributed by atoms with van der Waals surface area (Å²) >= 11 is 0. The Hall–Kier alpha value is -3.73. The molecule has 0 aliphatic heterocycles. The quantitative estimate of drug-likeness (QED) is 0.469. The molecule has 0 heterocycles. The molecular formula is C16H6F6N4O. The molecule has 0 spiro atoms. The van der Waals surface area contributed by atoms with Gasteiger partial charge in [-0.2, -0.15) is 28.8 Å². The molecule has 0 saturated carbocycles. The maximum absolute atomic E-state index is 13.9. The van der Waals surface area contributed by atoms with Crippen LogP contribution in [-0.2, 0) is 6.18 Å². The van der Waals surface area contributed by atoms with Crippen LogP contribution < -0.4 is 10.2 Å². The molecular weight excluding hydrogens is 378 g/mol. The number of hydrogen-bond donors (Lipinski definition) is 1. The largest absolute Gasteiger partial charge is 0.449 e. The number of nitrogens with zero attached hydrogens (tertiary/aromatic N) is 3. The summed E-state index contributed by atoms with van der Waals surface area (Å²) in [4.78, 5) is 0. The van der Waals surface area contributed by atoms with Gasteiger partial charge in [0.25, 0.3) is 0 Å². The van der Waals surface area contributed by atoms with Gasteiger partial charge < -0.3 is 4.74 Å². The van der Waals surface area contributed by atoms with Gasteiger partial charge >= 0.3 is 6.18 Å². The smallest absolute Gasteiger partial charge is 0.416 e. The summed E-state index contributed by atoms with van der Waals surface area (Å²) in [6, 6.07) is 5.49. The third-order valence-electron chi connectivity index (χ3n) is 2.98. The zero-order valence-electron chi connectivity index (χ0n) is 12.9. The van der Waals surface area contributed by atoms with E-state index in [1.54, 1.807) is 0 Å². The molecule has 0 aliphatic carbocycles. The fourth-order valence-corrected chi connectivity index (χ4v) is 1.80. The Bertz CT molecular complexity index is 949. The third-order valence-corrected chi connectivity index (χ3v) is 2.98. The Balaban J connectivity index is 2.44. The highest BCUT2D eigenvalue weighted by Gasteiger charge is 2.33. The van der Waals surface area contributed by atoms with E-state index in [-0.39, 0.29) is 17.8 Å². The van der Waals surface area contributed by atoms with Gasteiger partial charge in [-0.3, -0.25) is 5.43 Å². The summed E-state index contributed by atoms with van der Waals surface area (Å²) in [6.07, 6.45) is -4.98. The first-order valence-corrected chi connectivity index (χ1v) is 6.83. The minimum Gasteiger partial charge on any atom is -0.449 e. The van der Waals surface area contributed by atoms with Crippen LogP contribution in [0.1, 0.15) is 5.56 Å². The molecule has 2 aromatic carbocycles. The predicted octanol–water partition coefficient (Wildman–Crippen LogP) is 4.73. The van der Waals surface area contributed by atoms with Crippen LogP contribution in [0.15, 0.2) is 35.4 Å². The SMILES string of the molecule is N#CC(C#N)=NNc1ccc(F)cc1Oc1c(F)cc(C(F)(F)F)cc1F. The van der Waals surface area contributed by atoms with E-state index < -0.39 is 46.4 Å². The number of hydrazone groups is 1. The fraction of sp³-hybridized carbons (Fsp3) is 0.0625. The first kappa shape index (κ1) is 19.6. The molecule has 27 heavy (non-hydrogen) atoms. The second-order valence-electron chi connectivity index (χ2n) is 4.81. The van der Waals surface area contributed by atoms with E-state index in [2.05, 4.69) is 10.5 Å². The zero-order chi connectivity index (χ0) is 20.2. The Morgan fingerprint density at radius 1 is 1.00 bits per heavy atom. The normalized spacial score (nSPS) is 10.5. The Labute approximate surface area is 147 Å². The number of alkyl halides is 3. The van der Waals surface area contributed by atoms with Crippen LogP contribution in [0.2, 0.25) is 0 Å². The molecule has 0 unspecified atom stereocenters. The van der Waals surface area contributed by atoms with Gasteiger partial charge in [0, 0.05) is 6.07 Å². The summed E-state index contributed by atoms with van der Waals surface area (Å²) in [5.74, 6) is -5.99. The van der Waals surface area contributed by atoms with Crippen molar-refractivity contribution in [3.63, 3.8) is 0 Å². The molecule has 2 rings (SSSR count). The van der Waals surface area contributed by atoms with Crippen LogP contribution in [0.4, 0.5) is 32.0 Å². The van der Waals surface area contributed by atoms with E-state index in [0.29, 0.717) is 6.07 Å². The van der Waals surface area contributed by atoms with Gasteiger partial charge in [-0.05, 0) is 24.3 Å². The number of nitriles is 2. The van der Waals surface area contributed by atoms with Crippen molar-refractivity contribution in [1.82, 2.24) is 0 Å². The van der Waals surface area contributed by atoms with Crippen molar-refractivity contribution in [1.29, 1.82) is 10.5 Å². The lowest BCUT2D eigenvalue weighted by molar-refractivity contribution is -0.138. The Morgan fingerprint density at radius 2 is 1.59 bits per heavy atom. The molecule has 0 fully saturated rings. The molecule has 0 amide bonds. The number of ether oxygens (including phenoxy) is 1.